The van der Waals surface area contributed by atoms with Crippen LogP contribution in [0.4, 0.5) is 17.1 Å². The van der Waals surface area contributed by atoms with Crippen molar-refractivity contribution in [2.24, 2.45) is 0 Å². The molecule has 0 aliphatic carbocycles. The molecule has 10 aromatic rings. The van der Waals surface area contributed by atoms with E-state index in [0.717, 1.165) is 36.3 Å². The number of para-hydroxylation sites is 1. The van der Waals surface area contributed by atoms with Crippen LogP contribution in [0.3, 0.4) is 0 Å². The SMILES string of the molecule is [2H]c1c([2H])c(-c2ccc3sc4ccccc4c3c2)c([2H])c(N(c2ccc3oc4ccccc4c3c2)c2c([2H])c([2H])c(-c3cccc4ccccc34)c([2H])c2[2H])c1[2H]. The van der Waals surface area contributed by atoms with Crippen LogP contribution in [0.25, 0.3) is 75.1 Å². The van der Waals surface area contributed by atoms with Crippen molar-refractivity contribution in [1.82, 2.24) is 0 Å². The maximum Gasteiger partial charge on any atom is 0.135 e. The Labute approximate surface area is 299 Å². The molecule has 230 valence electrons. The van der Waals surface area contributed by atoms with Gasteiger partial charge in [0.25, 0.3) is 0 Å². The zero-order valence-corrected chi connectivity index (χ0v) is 26.7. The first-order valence-electron chi connectivity index (χ1n) is 19.9. The van der Waals surface area contributed by atoms with Gasteiger partial charge in [-0.05, 0) is 99.7 Å². The fourth-order valence-electron chi connectivity index (χ4n) is 6.69. The average molecular weight is 652 g/mol. The summed E-state index contributed by atoms with van der Waals surface area (Å²) in [5.41, 5.74) is 2.51. The number of benzene rings is 8. The first kappa shape index (κ1) is 20.9. The number of nitrogens with zero attached hydrogens (tertiary/aromatic N) is 1. The van der Waals surface area contributed by atoms with Crippen molar-refractivity contribution in [2.45, 2.75) is 0 Å². The zero-order chi connectivity index (χ0) is 39.3. The molecule has 0 saturated carbocycles. The minimum absolute atomic E-state index is 0.116. The van der Waals surface area contributed by atoms with Gasteiger partial charge in [0.1, 0.15) is 11.2 Å². The lowest BCUT2D eigenvalue weighted by molar-refractivity contribution is 0.669. The Morgan fingerprint density at radius 3 is 2.14 bits per heavy atom. The van der Waals surface area contributed by atoms with E-state index in [1.54, 1.807) is 35.6 Å². The molecule has 0 atom stereocenters. The van der Waals surface area contributed by atoms with Crippen LogP contribution in [0.2, 0.25) is 0 Å². The predicted octanol–water partition coefficient (Wildman–Crippen LogP) is 13.9. The Morgan fingerprint density at radius 2 is 1.22 bits per heavy atom. The van der Waals surface area contributed by atoms with E-state index in [9.17, 15) is 8.22 Å². The summed E-state index contributed by atoms with van der Waals surface area (Å²) in [6, 6.07) is 36.7. The number of furan rings is 1. The molecule has 2 aromatic heterocycles. The van der Waals surface area contributed by atoms with Gasteiger partial charge < -0.3 is 9.32 Å². The Balaban J connectivity index is 1.28. The van der Waals surface area contributed by atoms with Gasteiger partial charge >= 0.3 is 0 Å². The first-order valence-corrected chi connectivity index (χ1v) is 16.8. The molecule has 0 aliphatic rings. The zero-order valence-electron chi connectivity index (χ0n) is 33.9. The molecule has 49 heavy (non-hydrogen) atoms. The Hall–Kier alpha value is -6.16. The second kappa shape index (κ2) is 11.2. The monoisotopic (exact) mass is 651 g/mol. The van der Waals surface area contributed by atoms with Gasteiger partial charge in [0.05, 0.1) is 11.0 Å². The van der Waals surface area contributed by atoms with Crippen molar-refractivity contribution in [3.05, 3.63) is 176 Å². The van der Waals surface area contributed by atoms with Crippen molar-refractivity contribution in [3.63, 3.8) is 0 Å². The standard InChI is InChI=1S/C46H29NOS/c1-2-13-37-30(9-1)10-8-16-38(37)31-19-22-34(23-20-31)47(36-24-25-44-41(29-36)39-14-3-5-17-43(39)48-44)35-12-7-11-32(27-35)33-21-26-46-42(28-33)40-15-4-6-18-45(40)49-46/h1-29H/i7D,11D,12D,19D,20D,22D,23D,27D. The van der Waals surface area contributed by atoms with Gasteiger partial charge in [-0.25, -0.2) is 0 Å². The van der Waals surface area contributed by atoms with Crippen molar-refractivity contribution >= 4 is 81.3 Å². The molecule has 0 saturated heterocycles. The number of thiophene rings is 1. The van der Waals surface area contributed by atoms with Crippen LogP contribution in [0.15, 0.2) is 180 Å². The third-order valence-electron chi connectivity index (χ3n) is 9.01. The molecular formula is C46H29NOS. The predicted molar refractivity (Wildman–Crippen MR) is 210 cm³/mol. The first-order chi connectivity index (χ1) is 27.6. The van der Waals surface area contributed by atoms with Gasteiger partial charge in [-0.3, -0.25) is 0 Å². The molecule has 0 unspecified atom stereocenters. The highest BCUT2D eigenvalue weighted by Gasteiger charge is 2.17. The lowest BCUT2D eigenvalue weighted by Crippen LogP contribution is -2.10. The molecule has 0 fully saturated rings. The molecule has 0 spiro atoms. The minimum atomic E-state index is -0.456. The maximum absolute atomic E-state index is 9.81. The number of rotatable bonds is 5. The summed E-state index contributed by atoms with van der Waals surface area (Å²) in [5, 5.41) is 5.12. The third-order valence-corrected chi connectivity index (χ3v) is 10.2. The second-order valence-corrected chi connectivity index (χ2v) is 13.0. The van der Waals surface area contributed by atoms with Gasteiger partial charge in [-0.15, -0.1) is 11.3 Å². The molecule has 0 N–H and O–H groups in total. The summed E-state index contributed by atoms with van der Waals surface area (Å²) in [5.74, 6) is 0. The van der Waals surface area contributed by atoms with E-state index in [1.165, 1.54) is 4.90 Å². The van der Waals surface area contributed by atoms with Crippen molar-refractivity contribution in [3.8, 4) is 22.3 Å². The molecule has 8 aromatic carbocycles. The Morgan fingerprint density at radius 1 is 0.469 bits per heavy atom. The lowest BCUT2D eigenvalue weighted by atomic mass is 9.98. The summed E-state index contributed by atoms with van der Waals surface area (Å²) in [4.78, 5) is 1.39. The third kappa shape index (κ3) is 4.70. The van der Waals surface area contributed by atoms with Crippen LogP contribution >= 0.6 is 11.3 Å². The number of fused-ring (bicyclic) bond motifs is 7. The second-order valence-electron chi connectivity index (χ2n) is 11.9. The highest BCUT2D eigenvalue weighted by molar-refractivity contribution is 7.25. The fraction of sp³-hybridized carbons (Fsp3) is 0. The molecule has 3 heteroatoms. The quantitative estimate of drug-likeness (QED) is 0.184. The topological polar surface area (TPSA) is 16.4 Å². The lowest BCUT2D eigenvalue weighted by Gasteiger charge is -2.26. The molecular weight excluding hydrogens is 615 g/mol. The summed E-state index contributed by atoms with van der Waals surface area (Å²) >= 11 is 1.64. The molecule has 2 nitrogen and oxygen atoms in total. The Bertz CT molecular complexity index is 3280. The number of anilines is 3. The van der Waals surface area contributed by atoms with Crippen molar-refractivity contribution in [2.75, 3.05) is 4.90 Å². The van der Waals surface area contributed by atoms with Crippen LogP contribution in [-0.2, 0) is 0 Å². The van der Waals surface area contributed by atoms with Crippen molar-refractivity contribution < 1.29 is 15.4 Å². The summed E-state index contributed by atoms with van der Waals surface area (Å²) in [6.07, 6.45) is 0. The highest BCUT2D eigenvalue weighted by atomic mass is 32.1. The Kier molecular flexibility index (Phi) is 4.80. The average Bonchev–Trinajstić information content (AvgIpc) is 3.79. The van der Waals surface area contributed by atoms with E-state index in [1.807, 2.05) is 103 Å². The maximum atomic E-state index is 9.81. The minimum Gasteiger partial charge on any atom is -0.456 e. The van der Waals surface area contributed by atoms with Gasteiger partial charge in [0, 0.05) is 48.0 Å². The fourth-order valence-corrected chi connectivity index (χ4v) is 7.78. The molecule has 10 rings (SSSR count). The summed E-state index contributed by atoms with van der Waals surface area (Å²) in [6.45, 7) is 0. The van der Waals surface area contributed by atoms with E-state index in [4.69, 9.17) is 7.16 Å². The number of hydrogen-bond acceptors (Lipinski definition) is 3. The van der Waals surface area contributed by atoms with Crippen LogP contribution in [0.5, 0.6) is 0 Å². The molecule has 2 heterocycles. The molecule has 0 radical (unpaired) electrons. The van der Waals surface area contributed by atoms with Gasteiger partial charge in [-0.1, -0.05) is 109 Å². The highest BCUT2D eigenvalue weighted by Crippen LogP contribution is 2.42. The number of hydrogen-bond donors (Lipinski definition) is 0. The molecule has 0 aliphatic heterocycles. The van der Waals surface area contributed by atoms with E-state index in [0.29, 0.717) is 33.4 Å². The summed E-state index contributed by atoms with van der Waals surface area (Å²) < 4.78 is 83.6. The van der Waals surface area contributed by atoms with Gasteiger partial charge in [-0.2, -0.15) is 0 Å². The molecule has 0 amide bonds. The van der Waals surface area contributed by atoms with Crippen LogP contribution < -0.4 is 4.90 Å². The summed E-state index contributed by atoms with van der Waals surface area (Å²) in [7, 11) is 0. The van der Waals surface area contributed by atoms with E-state index < -0.39 is 12.1 Å². The molecule has 0 bridgehead atoms. The van der Waals surface area contributed by atoms with E-state index in [2.05, 4.69) is 0 Å². The van der Waals surface area contributed by atoms with Crippen LogP contribution in [-0.4, -0.2) is 0 Å². The van der Waals surface area contributed by atoms with Gasteiger partial charge in [0.15, 0.2) is 0 Å². The smallest absolute Gasteiger partial charge is 0.135 e. The largest absolute Gasteiger partial charge is 0.456 e. The normalized spacial score (nSPS) is 14.0. The van der Waals surface area contributed by atoms with Crippen LogP contribution in [0, 0.1) is 0 Å². The van der Waals surface area contributed by atoms with Gasteiger partial charge in [0.2, 0.25) is 0 Å². The van der Waals surface area contributed by atoms with E-state index >= 15 is 0 Å². The van der Waals surface area contributed by atoms with Crippen LogP contribution in [0.1, 0.15) is 11.0 Å². The van der Waals surface area contributed by atoms with E-state index in [-0.39, 0.29) is 58.8 Å². The van der Waals surface area contributed by atoms with Crippen molar-refractivity contribution in [1.29, 1.82) is 0 Å².